The van der Waals surface area contributed by atoms with Crippen molar-refractivity contribution >= 4 is 29.0 Å². The third-order valence-electron chi connectivity index (χ3n) is 0.756. The van der Waals surface area contributed by atoms with Crippen molar-refractivity contribution in [3.63, 3.8) is 0 Å². The predicted octanol–water partition coefficient (Wildman–Crippen LogP) is 0.0258. The molecule has 0 rings (SSSR count). The molecule has 9 heavy (non-hydrogen) atoms. The van der Waals surface area contributed by atoms with E-state index in [1.165, 1.54) is 0 Å². The molecule has 0 saturated heterocycles. The van der Waals surface area contributed by atoms with E-state index in [4.69, 9.17) is 4.55 Å². The molecule has 0 aromatic rings. The van der Waals surface area contributed by atoms with Gasteiger partial charge in [0, 0.05) is 0 Å². The van der Waals surface area contributed by atoms with Crippen molar-refractivity contribution < 1.29 is 13.0 Å². The second-order valence-electron chi connectivity index (χ2n) is 1.64. The molecule has 3 nitrogen and oxygen atoms in total. The Bertz CT molecular complexity index is 140. The third-order valence-corrected chi connectivity index (χ3v) is 1.56. The predicted molar refractivity (Wildman–Crippen MR) is 38.5 cm³/mol. The summed E-state index contributed by atoms with van der Waals surface area (Å²) in [7, 11) is -3.69. The summed E-state index contributed by atoms with van der Waals surface area (Å²) >= 11 is 0. The van der Waals surface area contributed by atoms with Gasteiger partial charge in [0.15, 0.2) is 0 Å². The van der Waals surface area contributed by atoms with Gasteiger partial charge in [0.25, 0.3) is 10.1 Å². The van der Waals surface area contributed by atoms with Crippen molar-refractivity contribution in [2.24, 2.45) is 0 Å². The van der Waals surface area contributed by atoms with E-state index in [0.29, 0.717) is 6.42 Å². The monoisotopic (exact) mass is 146 g/mol. The molecule has 0 saturated carbocycles. The van der Waals surface area contributed by atoms with Gasteiger partial charge in [-0.3, -0.25) is 4.55 Å². The summed E-state index contributed by atoms with van der Waals surface area (Å²) in [5, 5.41) is 0. The summed E-state index contributed by atoms with van der Waals surface area (Å²) in [5.41, 5.74) is 0. The normalized spacial score (nSPS) is 10.4. The van der Waals surface area contributed by atoms with Crippen LogP contribution >= 0.6 is 0 Å². The van der Waals surface area contributed by atoms with Crippen LogP contribution in [0.5, 0.6) is 0 Å². The number of unbranched alkanes of at least 4 members (excludes halogenated alkanes) is 1. The second kappa shape index (κ2) is 5.30. The molecule has 52 valence electrons. The molecule has 0 atom stereocenters. The van der Waals surface area contributed by atoms with Crippen molar-refractivity contribution in [1.29, 1.82) is 0 Å². The molecule has 1 N–H and O–H groups in total. The standard InChI is InChI=1S/C4H10O3S.Li.H/c1-2-3-4-8(5,6)7;;/h2-4H2,1H3,(H,5,6,7);;. The Morgan fingerprint density at radius 1 is 1.44 bits per heavy atom. The third kappa shape index (κ3) is 11.9. The van der Waals surface area contributed by atoms with Crippen LogP contribution in [0.1, 0.15) is 19.8 Å². The summed E-state index contributed by atoms with van der Waals surface area (Å²) in [6.45, 7) is 1.87. The maximum atomic E-state index is 9.95. The fraction of sp³-hybridized carbons (Fsp3) is 1.00. The van der Waals surface area contributed by atoms with Crippen LogP contribution in [0.3, 0.4) is 0 Å². The SMILES string of the molecule is CCCCS(=O)(=O)O.[LiH]. The quantitative estimate of drug-likeness (QED) is 0.451. The Morgan fingerprint density at radius 3 is 2.00 bits per heavy atom. The molecular formula is C4H11LiO3S. The minimum atomic E-state index is -3.69. The van der Waals surface area contributed by atoms with E-state index in [9.17, 15) is 8.42 Å². The second-order valence-corrected chi connectivity index (χ2v) is 3.21. The Balaban J connectivity index is 0. The maximum absolute atomic E-state index is 9.95. The van der Waals surface area contributed by atoms with E-state index in [1.54, 1.807) is 0 Å². The fourth-order valence-corrected chi connectivity index (χ4v) is 0.980. The molecule has 0 amide bonds. The Kier molecular flexibility index (Phi) is 7.20. The number of hydrogen-bond donors (Lipinski definition) is 1. The first kappa shape index (κ1) is 12.2. The van der Waals surface area contributed by atoms with Gasteiger partial charge in [-0.2, -0.15) is 8.42 Å². The van der Waals surface area contributed by atoms with Crippen molar-refractivity contribution in [3.8, 4) is 0 Å². The molecular weight excluding hydrogens is 135 g/mol. The molecule has 0 bridgehead atoms. The molecule has 0 heterocycles. The molecule has 0 aliphatic carbocycles. The van der Waals surface area contributed by atoms with E-state index in [-0.39, 0.29) is 24.6 Å². The van der Waals surface area contributed by atoms with Gasteiger partial charge in [-0.05, 0) is 6.42 Å². The van der Waals surface area contributed by atoms with Crippen LogP contribution in [-0.2, 0) is 10.1 Å². The zero-order valence-electron chi connectivity index (χ0n) is 4.79. The van der Waals surface area contributed by atoms with Crippen LogP contribution in [-0.4, -0.2) is 37.6 Å². The molecule has 0 aliphatic heterocycles. The molecule has 0 aromatic heterocycles. The van der Waals surface area contributed by atoms with Gasteiger partial charge in [0.05, 0.1) is 5.75 Å². The van der Waals surface area contributed by atoms with Crippen LogP contribution in [0.15, 0.2) is 0 Å². The molecule has 0 radical (unpaired) electrons. The molecule has 0 unspecified atom stereocenters. The van der Waals surface area contributed by atoms with Gasteiger partial charge in [-0.1, -0.05) is 13.3 Å². The first-order chi connectivity index (χ1) is 3.56. The summed E-state index contributed by atoms with van der Waals surface area (Å²) < 4.78 is 28.0. The average Bonchev–Trinajstić information content (AvgIpc) is 1.59. The van der Waals surface area contributed by atoms with E-state index in [0.717, 1.165) is 6.42 Å². The Morgan fingerprint density at radius 2 is 1.89 bits per heavy atom. The van der Waals surface area contributed by atoms with Crippen molar-refractivity contribution in [1.82, 2.24) is 0 Å². The summed E-state index contributed by atoms with van der Waals surface area (Å²) in [4.78, 5) is 0. The van der Waals surface area contributed by atoms with E-state index >= 15 is 0 Å². The number of hydrogen-bond acceptors (Lipinski definition) is 2. The van der Waals surface area contributed by atoms with Crippen LogP contribution < -0.4 is 0 Å². The zero-order chi connectivity index (χ0) is 6.62. The average molecular weight is 146 g/mol. The van der Waals surface area contributed by atoms with E-state index in [1.807, 2.05) is 6.92 Å². The summed E-state index contributed by atoms with van der Waals surface area (Å²) in [6, 6.07) is 0. The van der Waals surface area contributed by atoms with Gasteiger partial charge in [0.1, 0.15) is 0 Å². The van der Waals surface area contributed by atoms with Crippen molar-refractivity contribution in [2.75, 3.05) is 5.75 Å². The van der Waals surface area contributed by atoms with Gasteiger partial charge >= 0.3 is 18.9 Å². The molecule has 5 heteroatoms. The minimum absolute atomic E-state index is 0. The Hall–Kier alpha value is 0.507. The Labute approximate surface area is 67.8 Å². The first-order valence-corrected chi connectivity index (χ1v) is 4.12. The van der Waals surface area contributed by atoms with Crippen LogP contribution in [0.25, 0.3) is 0 Å². The van der Waals surface area contributed by atoms with Crippen LogP contribution in [0.4, 0.5) is 0 Å². The van der Waals surface area contributed by atoms with Gasteiger partial charge < -0.3 is 0 Å². The zero-order valence-corrected chi connectivity index (χ0v) is 5.61. The molecule has 0 spiro atoms. The topological polar surface area (TPSA) is 54.4 Å². The molecule has 0 fully saturated rings. The molecule has 0 aromatic carbocycles. The van der Waals surface area contributed by atoms with E-state index in [2.05, 4.69) is 0 Å². The van der Waals surface area contributed by atoms with Gasteiger partial charge in [0.2, 0.25) is 0 Å². The fourth-order valence-electron chi connectivity index (χ4n) is 0.327. The summed E-state index contributed by atoms with van der Waals surface area (Å²) in [6.07, 6.45) is 1.33. The van der Waals surface area contributed by atoms with Gasteiger partial charge in [-0.25, -0.2) is 0 Å². The number of rotatable bonds is 3. The summed E-state index contributed by atoms with van der Waals surface area (Å²) in [5.74, 6) is -0.108. The van der Waals surface area contributed by atoms with Crippen LogP contribution in [0, 0.1) is 0 Å². The van der Waals surface area contributed by atoms with Crippen molar-refractivity contribution in [2.45, 2.75) is 19.8 Å². The van der Waals surface area contributed by atoms with Gasteiger partial charge in [-0.15, -0.1) is 0 Å². The first-order valence-electron chi connectivity index (χ1n) is 2.51. The van der Waals surface area contributed by atoms with Crippen molar-refractivity contribution in [3.05, 3.63) is 0 Å². The van der Waals surface area contributed by atoms with Crippen LogP contribution in [0.2, 0.25) is 0 Å². The van der Waals surface area contributed by atoms with E-state index < -0.39 is 10.1 Å². The molecule has 0 aliphatic rings.